The molecule has 1 unspecified atom stereocenters. The van der Waals surface area contributed by atoms with Crippen LogP contribution in [-0.4, -0.2) is 42.6 Å². The number of hydrogen-bond donors (Lipinski definition) is 0. The van der Waals surface area contributed by atoms with E-state index in [2.05, 4.69) is 16.9 Å². The van der Waals surface area contributed by atoms with Crippen LogP contribution in [0.15, 0.2) is 43.8 Å². The van der Waals surface area contributed by atoms with Gasteiger partial charge in [0.1, 0.15) is 16.2 Å². The summed E-state index contributed by atoms with van der Waals surface area (Å²) in [6.45, 7) is 8.99. The lowest BCUT2D eigenvalue weighted by Crippen LogP contribution is -2.39. The maximum Gasteiger partial charge on any atom is 0.332 e. The van der Waals surface area contributed by atoms with Crippen LogP contribution < -0.4 is 16.1 Å². The van der Waals surface area contributed by atoms with Crippen LogP contribution in [-0.2, 0) is 18.4 Å². The van der Waals surface area contributed by atoms with Crippen LogP contribution in [0, 0.1) is 12.8 Å². The van der Waals surface area contributed by atoms with Crippen molar-refractivity contribution in [2.75, 3.05) is 17.2 Å². The van der Waals surface area contributed by atoms with Crippen molar-refractivity contribution in [3.8, 4) is 0 Å². The van der Waals surface area contributed by atoms with Gasteiger partial charge < -0.3 is 4.90 Å². The predicted molar refractivity (Wildman–Crippen MR) is 138 cm³/mol. The molecule has 180 valence electrons. The third-order valence-electron chi connectivity index (χ3n) is 5.69. The van der Waals surface area contributed by atoms with Crippen LogP contribution in [0.4, 0.5) is 5.69 Å². The predicted octanol–water partition coefficient (Wildman–Crippen LogP) is 3.46. The first-order valence-corrected chi connectivity index (χ1v) is 13.2. The Labute approximate surface area is 206 Å². The standard InChI is InChI=1S/C24H29N5O3S2/c1-14(2)12-29-21-20(23(31)27(5)24(29)32)22(26-16(4)25-21)33-13-19(30)28-11-10-15(3)34-18-9-7-6-8-17(18)28/h6-9,14-15H,10-13H2,1-5H3. The van der Waals surface area contributed by atoms with Crippen molar-refractivity contribution in [2.24, 2.45) is 13.0 Å². The monoisotopic (exact) mass is 499 g/mol. The average molecular weight is 500 g/mol. The minimum atomic E-state index is -0.444. The summed E-state index contributed by atoms with van der Waals surface area (Å²) in [5.74, 6) is 0.738. The number of benzene rings is 1. The molecule has 1 amide bonds. The van der Waals surface area contributed by atoms with Crippen molar-refractivity contribution >= 4 is 46.2 Å². The Morgan fingerprint density at radius 3 is 2.71 bits per heavy atom. The fourth-order valence-corrected chi connectivity index (χ4v) is 6.08. The third kappa shape index (κ3) is 4.79. The molecule has 0 spiro atoms. The van der Waals surface area contributed by atoms with Crippen LogP contribution in [0.25, 0.3) is 11.0 Å². The molecule has 3 heterocycles. The van der Waals surface area contributed by atoms with Crippen LogP contribution >= 0.6 is 23.5 Å². The second-order valence-electron chi connectivity index (χ2n) is 8.94. The third-order valence-corrected chi connectivity index (χ3v) is 7.88. The maximum absolute atomic E-state index is 13.3. The molecule has 10 heteroatoms. The quantitative estimate of drug-likeness (QED) is 0.392. The van der Waals surface area contributed by atoms with Gasteiger partial charge in [0.2, 0.25) is 5.91 Å². The summed E-state index contributed by atoms with van der Waals surface area (Å²) in [5, 5.41) is 1.13. The molecule has 0 fully saturated rings. The molecular formula is C24H29N5O3S2. The largest absolute Gasteiger partial charge is 0.332 e. The first kappa shape index (κ1) is 24.5. The highest BCUT2D eigenvalue weighted by Crippen LogP contribution is 2.37. The number of carbonyl (C=O) groups excluding carboxylic acids is 1. The minimum absolute atomic E-state index is 0.0381. The highest BCUT2D eigenvalue weighted by Gasteiger charge is 2.25. The molecule has 8 nitrogen and oxygen atoms in total. The number of anilines is 1. The Morgan fingerprint density at radius 1 is 1.24 bits per heavy atom. The molecule has 34 heavy (non-hydrogen) atoms. The van der Waals surface area contributed by atoms with Gasteiger partial charge in [-0.1, -0.05) is 44.7 Å². The molecular weight excluding hydrogens is 470 g/mol. The van der Waals surface area contributed by atoms with E-state index in [9.17, 15) is 14.4 Å². The van der Waals surface area contributed by atoms with Gasteiger partial charge >= 0.3 is 5.69 Å². The molecule has 0 saturated heterocycles. The molecule has 3 aromatic rings. The molecule has 0 aliphatic carbocycles. The number of carbonyl (C=O) groups is 1. The van der Waals surface area contributed by atoms with Crippen molar-refractivity contribution in [3.63, 3.8) is 0 Å². The molecule has 0 saturated carbocycles. The number of thioether (sulfide) groups is 2. The number of para-hydroxylation sites is 1. The zero-order chi connectivity index (χ0) is 24.6. The van der Waals surface area contributed by atoms with Gasteiger partial charge in [-0.25, -0.2) is 14.8 Å². The van der Waals surface area contributed by atoms with E-state index in [0.717, 1.165) is 21.6 Å². The zero-order valence-electron chi connectivity index (χ0n) is 20.1. The van der Waals surface area contributed by atoms with E-state index in [1.54, 1.807) is 18.7 Å². The smallest absolute Gasteiger partial charge is 0.311 e. The van der Waals surface area contributed by atoms with Crippen molar-refractivity contribution in [2.45, 2.75) is 55.8 Å². The van der Waals surface area contributed by atoms with Gasteiger partial charge in [-0.15, -0.1) is 11.8 Å². The number of amides is 1. The number of aryl methyl sites for hydroxylation is 1. The fourth-order valence-electron chi connectivity index (χ4n) is 4.03. The van der Waals surface area contributed by atoms with E-state index in [4.69, 9.17) is 0 Å². The van der Waals surface area contributed by atoms with Gasteiger partial charge in [0, 0.05) is 30.3 Å². The van der Waals surface area contributed by atoms with E-state index in [0.29, 0.717) is 34.8 Å². The molecule has 1 aromatic carbocycles. The van der Waals surface area contributed by atoms with Crippen LogP contribution in [0.5, 0.6) is 0 Å². The van der Waals surface area contributed by atoms with Crippen LogP contribution in [0.2, 0.25) is 0 Å². The summed E-state index contributed by atoms with van der Waals surface area (Å²) in [4.78, 5) is 51.1. The topological polar surface area (TPSA) is 90.1 Å². The molecule has 1 aliphatic heterocycles. The lowest BCUT2D eigenvalue weighted by molar-refractivity contribution is -0.116. The number of nitrogens with zero attached hydrogens (tertiary/aromatic N) is 5. The average Bonchev–Trinajstić information content (AvgIpc) is 2.96. The Bertz CT molecular complexity index is 1370. The van der Waals surface area contributed by atoms with Gasteiger partial charge in [0.25, 0.3) is 5.56 Å². The molecule has 0 N–H and O–H groups in total. The normalized spacial score (nSPS) is 16.1. The lowest BCUT2D eigenvalue weighted by Gasteiger charge is -2.22. The first-order valence-electron chi connectivity index (χ1n) is 11.3. The van der Waals surface area contributed by atoms with E-state index >= 15 is 0 Å². The van der Waals surface area contributed by atoms with E-state index in [1.807, 2.05) is 43.0 Å². The Morgan fingerprint density at radius 2 is 1.97 bits per heavy atom. The van der Waals surface area contributed by atoms with E-state index < -0.39 is 11.2 Å². The van der Waals surface area contributed by atoms with Crippen molar-refractivity contribution in [3.05, 3.63) is 50.9 Å². The van der Waals surface area contributed by atoms with Crippen molar-refractivity contribution < 1.29 is 4.79 Å². The second kappa shape index (κ2) is 9.95. The Hall–Kier alpha value is -2.59. The van der Waals surface area contributed by atoms with Crippen molar-refractivity contribution in [1.82, 2.24) is 19.1 Å². The summed E-state index contributed by atoms with van der Waals surface area (Å²) in [6.07, 6.45) is 0.896. The van der Waals surface area contributed by atoms with Crippen LogP contribution in [0.3, 0.4) is 0 Å². The SMILES string of the molecule is Cc1nc(SCC(=O)N2CCC(C)Sc3ccccc32)c2c(=O)n(C)c(=O)n(CC(C)C)c2n1. The second-order valence-corrected chi connectivity index (χ2v) is 11.4. The molecule has 0 radical (unpaired) electrons. The highest BCUT2D eigenvalue weighted by atomic mass is 32.2. The highest BCUT2D eigenvalue weighted by molar-refractivity contribution is 8.00. The van der Waals surface area contributed by atoms with E-state index in [-0.39, 0.29) is 23.0 Å². The number of rotatable bonds is 5. The number of fused-ring (bicyclic) bond motifs is 2. The molecule has 2 aromatic heterocycles. The van der Waals surface area contributed by atoms with Gasteiger partial charge in [-0.3, -0.25) is 18.7 Å². The maximum atomic E-state index is 13.3. The minimum Gasteiger partial charge on any atom is -0.311 e. The number of aromatic nitrogens is 4. The van der Waals surface area contributed by atoms with Crippen molar-refractivity contribution in [1.29, 1.82) is 0 Å². The first-order chi connectivity index (χ1) is 16.2. The van der Waals surface area contributed by atoms with Gasteiger partial charge in [0.15, 0.2) is 5.65 Å². The van der Waals surface area contributed by atoms with Gasteiger partial charge in [-0.05, 0) is 31.4 Å². The number of hydrogen-bond acceptors (Lipinski definition) is 7. The fraction of sp³-hybridized carbons (Fsp3) is 0.458. The summed E-state index contributed by atoms with van der Waals surface area (Å²) in [6, 6.07) is 7.97. The molecule has 0 bridgehead atoms. The van der Waals surface area contributed by atoms with Gasteiger partial charge in [-0.2, -0.15) is 0 Å². The summed E-state index contributed by atoms with van der Waals surface area (Å²) in [5.41, 5.74) is 0.409. The Balaban J connectivity index is 1.71. The van der Waals surface area contributed by atoms with E-state index in [1.165, 1.54) is 23.4 Å². The summed E-state index contributed by atoms with van der Waals surface area (Å²) in [7, 11) is 1.47. The molecule has 4 rings (SSSR count). The van der Waals surface area contributed by atoms with Gasteiger partial charge in [0.05, 0.1) is 11.4 Å². The summed E-state index contributed by atoms with van der Waals surface area (Å²) < 4.78 is 2.63. The van der Waals surface area contributed by atoms with Crippen LogP contribution in [0.1, 0.15) is 33.0 Å². The molecule has 1 atom stereocenters. The zero-order valence-corrected chi connectivity index (χ0v) is 21.7. The lowest BCUT2D eigenvalue weighted by atomic mass is 10.2. The summed E-state index contributed by atoms with van der Waals surface area (Å²) >= 11 is 3.01. The molecule has 1 aliphatic rings. The Kier molecular flexibility index (Phi) is 7.18.